The van der Waals surface area contributed by atoms with Gasteiger partial charge in [0.2, 0.25) is 6.29 Å². The number of aliphatic hydroxyl groups is 9. The molecule has 5 fully saturated rings. The summed E-state index contributed by atoms with van der Waals surface area (Å²) in [6.45, 7) is 12.8. The molecule has 0 radical (unpaired) electrons. The predicted octanol–water partition coefficient (Wildman–Crippen LogP) is 0.845. The Bertz CT molecular complexity index is 1180. The van der Waals surface area contributed by atoms with E-state index in [1.54, 1.807) is 20.8 Å². The lowest BCUT2D eigenvalue weighted by atomic mass is 9.37. The molecule has 4 saturated carbocycles. The van der Waals surface area contributed by atoms with Gasteiger partial charge in [-0.25, -0.2) is 0 Å². The topological polar surface area (TPSA) is 218 Å². The van der Waals surface area contributed by atoms with Crippen LogP contribution in [0.1, 0.15) is 99.8 Å². The highest BCUT2D eigenvalue weighted by atomic mass is 16.7. The van der Waals surface area contributed by atoms with E-state index in [0.29, 0.717) is 6.42 Å². The number of fused-ring (bicyclic) bond motifs is 5. The normalized spacial score (nSPS) is 51.2. The van der Waals surface area contributed by atoms with E-state index in [1.807, 2.05) is 13.8 Å². The van der Waals surface area contributed by atoms with Crippen LogP contribution in [0.25, 0.3) is 0 Å². The molecule has 48 heavy (non-hydrogen) atoms. The molecule has 0 aromatic rings. The molecule has 12 nitrogen and oxygen atoms in total. The SMILES string of the molecule is C[C@H]([C@@H](O)C[C@H](O)C(C)(C)O)[C@@H]1CC[C@]2(C)[C@H]3CC[C@H]4[C@](C)(C(=O)O[C@H]5O[C@@H](CO)[C@H](O)[C@@H](O)[C@@H]5O)[C@@H](O)C[C@@H](O)[C@@]4(C)[C@@H]3CC[C@@]12C. The third-order valence-electron chi connectivity index (χ3n) is 15.3. The van der Waals surface area contributed by atoms with Crippen molar-refractivity contribution in [3.8, 4) is 0 Å². The third-order valence-corrected chi connectivity index (χ3v) is 15.3. The fourth-order valence-corrected chi connectivity index (χ4v) is 11.7. The average molecular weight is 687 g/mol. The minimum absolute atomic E-state index is 0.0344. The molecule has 5 aliphatic rings. The van der Waals surface area contributed by atoms with E-state index in [2.05, 4.69) is 13.8 Å². The number of hydrogen-bond acceptors (Lipinski definition) is 12. The van der Waals surface area contributed by atoms with Gasteiger partial charge < -0.3 is 55.4 Å². The van der Waals surface area contributed by atoms with Crippen molar-refractivity contribution in [2.45, 2.75) is 161 Å². The Balaban J connectivity index is 1.39. The van der Waals surface area contributed by atoms with Crippen LogP contribution < -0.4 is 0 Å². The highest BCUT2D eigenvalue weighted by Crippen LogP contribution is 2.74. The number of aliphatic hydroxyl groups excluding tert-OH is 8. The summed E-state index contributed by atoms with van der Waals surface area (Å²) in [7, 11) is 0. The summed E-state index contributed by atoms with van der Waals surface area (Å²) >= 11 is 0. The first kappa shape index (κ1) is 38.3. The van der Waals surface area contributed by atoms with Gasteiger partial charge in [0.1, 0.15) is 24.4 Å². The summed E-state index contributed by atoms with van der Waals surface area (Å²) < 4.78 is 11.1. The summed E-state index contributed by atoms with van der Waals surface area (Å²) in [6.07, 6.45) is -7.13. The highest BCUT2D eigenvalue weighted by molar-refractivity contribution is 5.78. The van der Waals surface area contributed by atoms with Gasteiger partial charge in [0.05, 0.1) is 42.0 Å². The van der Waals surface area contributed by atoms with Crippen LogP contribution in [0.15, 0.2) is 0 Å². The molecule has 1 saturated heterocycles. The molecule has 1 heterocycles. The molecule has 0 aromatic carbocycles. The van der Waals surface area contributed by atoms with Crippen molar-refractivity contribution in [1.82, 2.24) is 0 Å². The number of ether oxygens (including phenoxy) is 2. The molecule has 0 aromatic heterocycles. The monoisotopic (exact) mass is 686 g/mol. The van der Waals surface area contributed by atoms with Crippen LogP contribution in [0.3, 0.4) is 0 Å². The zero-order chi connectivity index (χ0) is 35.9. The largest absolute Gasteiger partial charge is 0.432 e. The molecule has 0 bridgehead atoms. The van der Waals surface area contributed by atoms with Gasteiger partial charge in [-0.2, -0.15) is 0 Å². The Hall–Kier alpha value is -0.930. The van der Waals surface area contributed by atoms with Crippen molar-refractivity contribution in [3.63, 3.8) is 0 Å². The minimum atomic E-state index is -1.77. The summed E-state index contributed by atoms with van der Waals surface area (Å²) in [6, 6.07) is 0. The van der Waals surface area contributed by atoms with Crippen LogP contribution in [0.2, 0.25) is 0 Å². The molecule has 278 valence electrons. The molecular weight excluding hydrogens is 624 g/mol. The average Bonchev–Trinajstić information content (AvgIpc) is 3.30. The second kappa shape index (κ2) is 12.9. The number of carbonyl (C=O) groups is 1. The molecular formula is C36H62O12. The summed E-state index contributed by atoms with van der Waals surface area (Å²) in [4.78, 5) is 14.1. The lowest BCUT2D eigenvalue weighted by molar-refractivity contribution is -0.303. The Kier molecular flexibility index (Phi) is 10.3. The number of hydrogen-bond donors (Lipinski definition) is 9. The first-order valence-electron chi connectivity index (χ1n) is 18.1. The lowest BCUT2D eigenvalue weighted by Gasteiger charge is -2.68. The van der Waals surface area contributed by atoms with Crippen LogP contribution in [0, 0.1) is 51.2 Å². The Morgan fingerprint density at radius 1 is 0.875 bits per heavy atom. The van der Waals surface area contributed by atoms with Gasteiger partial charge in [-0.3, -0.25) is 4.79 Å². The molecule has 0 unspecified atom stereocenters. The fraction of sp³-hybridized carbons (Fsp3) is 0.972. The second-order valence-electron chi connectivity index (χ2n) is 17.7. The summed E-state index contributed by atoms with van der Waals surface area (Å²) in [5.74, 6) is -0.971. The molecule has 0 amide bonds. The molecule has 4 aliphatic carbocycles. The van der Waals surface area contributed by atoms with E-state index >= 15 is 0 Å². The van der Waals surface area contributed by atoms with Crippen molar-refractivity contribution in [2.24, 2.45) is 51.2 Å². The van der Waals surface area contributed by atoms with Crippen molar-refractivity contribution in [1.29, 1.82) is 0 Å². The van der Waals surface area contributed by atoms with Gasteiger partial charge in [-0.15, -0.1) is 0 Å². The molecule has 18 atom stereocenters. The van der Waals surface area contributed by atoms with Gasteiger partial charge in [-0.1, -0.05) is 27.7 Å². The molecule has 1 aliphatic heterocycles. The number of rotatable bonds is 8. The maximum absolute atomic E-state index is 14.1. The van der Waals surface area contributed by atoms with Crippen molar-refractivity contribution in [3.05, 3.63) is 0 Å². The van der Waals surface area contributed by atoms with Crippen LogP contribution in [-0.2, 0) is 14.3 Å². The van der Waals surface area contributed by atoms with E-state index in [9.17, 15) is 50.8 Å². The summed E-state index contributed by atoms with van der Waals surface area (Å²) in [5, 5.41) is 96.0. The number of esters is 1. The smallest absolute Gasteiger partial charge is 0.317 e. The van der Waals surface area contributed by atoms with Crippen LogP contribution >= 0.6 is 0 Å². The Morgan fingerprint density at radius 2 is 1.50 bits per heavy atom. The van der Waals surface area contributed by atoms with E-state index in [0.717, 1.165) is 32.1 Å². The molecule has 12 heteroatoms. The Labute approximate surface area is 284 Å². The quantitative estimate of drug-likeness (QED) is 0.162. The summed E-state index contributed by atoms with van der Waals surface area (Å²) in [5.41, 5.74) is -3.79. The maximum Gasteiger partial charge on any atom is 0.317 e. The van der Waals surface area contributed by atoms with Crippen LogP contribution in [0.4, 0.5) is 0 Å². The molecule has 5 rings (SSSR count). The highest BCUT2D eigenvalue weighted by Gasteiger charge is 2.71. The lowest BCUT2D eigenvalue weighted by Crippen LogP contribution is -2.68. The maximum atomic E-state index is 14.1. The van der Waals surface area contributed by atoms with Gasteiger partial charge >= 0.3 is 5.97 Å². The van der Waals surface area contributed by atoms with E-state index in [-0.39, 0.29) is 47.3 Å². The van der Waals surface area contributed by atoms with Crippen molar-refractivity contribution < 1.29 is 60.2 Å². The zero-order valence-corrected chi connectivity index (χ0v) is 29.7. The van der Waals surface area contributed by atoms with Crippen LogP contribution in [-0.4, -0.2) is 119 Å². The first-order valence-corrected chi connectivity index (χ1v) is 18.1. The van der Waals surface area contributed by atoms with Gasteiger partial charge in [0.25, 0.3) is 0 Å². The standard InChI is InChI=1S/C36H62O12/c1-17(21(38)14-24(39)32(2,3)46)18-10-12-34(5)19-8-9-23-35(6,20(19)11-13-33(18,34)4)25(40)15-26(41)36(23,7)31(45)48-30-29(44)28(43)27(42)22(16-37)47-30/h17-30,37-44,46H,8-16H2,1-7H3/t17-,18-,19-,20+,21-,22-,23+,24-,25+,26-,27-,28+,29-,30+,33-,34+,35-,36-/m0/s1. The van der Waals surface area contributed by atoms with E-state index in [4.69, 9.17) is 9.47 Å². The van der Waals surface area contributed by atoms with E-state index < -0.39 is 90.0 Å². The second-order valence-corrected chi connectivity index (χ2v) is 17.7. The zero-order valence-electron chi connectivity index (χ0n) is 29.7. The van der Waals surface area contributed by atoms with Gasteiger partial charge in [0, 0.05) is 18.3 Å². The van der Waals surface area contributed by atoms with Gasteiger partial charge in [0.15, 0.2) is 0 Å². The third kappa shape index (κ3) is 5.60. The molecule has 9 N–H and O–H groups in total. The van der Waals surface area contributed by atoms with Crippen molar-refractivity contribution in [2.75, 3.05) is 6.61 Å². The predicted molar refractivity (Wildman–Crippen MR) is 173 cm³/mol. The van der Waals surface area contributed by atoms with Gasteiger partial charge in [-0.05, 0) is 99.7 Å². The van der Waals surface area contributed by atoms with Crippen molar-refractivity contribution >= 4 is 5.97 Å². The molecule has 0 spiro atoms. The van der Waals surface area contributed by atoms with Crippen LogP contribution in [0.5, 0.6) is 0 Å². The number of carbonyl (C=O) groups excluding carboxylic acids is 1. The van der Waals surface area contributed by atoms with E-state index in [1.165, 1.54) is 0 Å². The first-order chi connectivity index (χ1) is 22.1. The fourth-order valence-electron chi connectivity index (χ4n) is 11.7. The Morgan fingerprint density at radius 3 is 2.10 bits per heavy atom. The minimum Gasteiger partial charge on any atom is -0.432 e.